The van der Waals surface area contributed by atoms with Crippen LogP contribution >= 0.6 is 12.4 Å². The van der Waals surface area contributed by atoms with Gasteiger partial charge in [-0.3, -0.25) is 4.79 Å². The zero-order chi connectivity index (χ0) is 15.1. The molecule has 0 heterocycles. The molecular weight excluding hydrogens is 284 g/mol. The summed E-state index contributed by atoms with van der Waals surface area (Å²) in [6, 6.07) is 7.93. The molecule has 0 saturated carbocycles. The van der Waals surface area contributed by atoms with Crippen LogP contribution in [0.4, 0.5) is 5.69 Å². The van der Waals surface area contributed by atoms with Crippen LogP contribution in [0.5, 0.6) is 0 Å². The molecule has 0 spiro atoms. The minimum Gasteiger partial charge on any atom is -0.399 e. The number of halogens is 1. The fourth-order valence-electron chi connectivity index (χ4n) is 2.49. The van der Waals surface area contributed by atoms with Gasteiger partial charge in [0, 0.05) is 18.3 Å². The lowest BCUT2D eigenvalue weighted by Crippen LogP contribution is -2.42. The molecule has 0 aromatic heterocycles. The summed E-state index contributed by atoms with van der Waals surface area (Å²) in [7, 11) is 0. The van der Waals surface area contributed by atoms with Crippen molar-refractivity contribution in [1.82, 2.24) is 4.90 Å². The van der Waals surface area contributed by atoms with Crippen LogP contribution in [0.15, 0.2) is 24.3 Å². The Labute approximate surface area is 135 Å². The second-order valence-electron chi connectivity index (χ2n) is 5.83. The van der Waals surface area contributed by atoms with Crippen LogP contribution < -0.4 is 5.73 Å². The van der Waals surface area contributed by atoms with E-state index in [1.54, 1.807) is 0 Å². The van der Waals surface area contributed by atoms with Gasteiger partial charge in [0.2, 0.25) is 5.91 Å². The molecule has 21 heavy (non-hydrogen) atoms. The predicted octanol–water partition coefficient (Wildman–Crippen LogP) is 3.91. The minimum atomic E-state index is 0. The van der Waals surface area contributed by atoms with Crippen LogP contribution in [0.2, 0.25) is 0 Å². The number of carbonyl (C=O) groups excluding carboxylic acids is 1. The van der Waals surface area contributed by atoms with Gasteiger partial charge in [-0.1, -0.05) is 39.8 Å². The monoisotopic (exact) mass is 312 g/mol. The zero-order valence-electron chi connectivity index (χ0n) is 13.6. The number of anilines is 1. The first-order valence-electron chi connectivity index (χ1n) is 7.61. The average molecular weight is 313 g/mol. The Balaban J connectivity index is 0.00000400. The van der Waals surface area contributed by atoms with Gasteiger partial charge in [-0.25, -0.2) is 0 Å². The molecule has 1 amide bonds. The number of hydrogen-bond donors (Lipinski definition) is 1. The summed E-state index contributed by atoms with van der Waals surface area (Å²) in [6.45, 7) is 9.45. The summed E-state index contributed by atoms with van der Waals surface area (Å²) >= 11 is 0. The molecule has 0 aliphatic heterocycles. The summed E-state index contributed by atoms with van der Waals surface area (Å²) < 4.78 is 0. The Morgan fingerprint density at radius 2 is 1.67 bits per heavy atom. The molecular formula is C17H29ClN2O. The molecule has 0 fully saturated rings. The van der Waals surface area contributed by atoms with Crippen molar-refractivity contribution in [3.05, 3.63) is 29.8 Å². The first-order chi connectivity index (χ1) is 9.47. The third-order valence-electron chi connectivity index (χ3n) is 3.60. The number of amides is 1. The van der Waals surface area contributed by atoms with Crippen molar-refractivity contribution >= 4 is 24.0 Å². The first-order valence-corrected chi connectivity index (χ1v) is 7.61. The summed E-state index contributed by atoms with van der Waals surface area (Å²) in [4.78, 5) is 14.6. The average Bonchev–Trinajstić information content (AvgIpc) is 2.41. The summed E-state index contributed by atoms with van der Waals surface area (Å²) in [5, 5.41) is 0. The number of carbonyl (C=O) groups is 1. The Morgan fingerprint density at radius 1 is 1.14 bits per heavy atom. The lowest BCUT2D eigenvalue weighted by atomic mass is 10.0. The van der Waals surface area contributed by atoms with Crippen LogP contribution in [-0.2, 0) is 11.2 Å². The zero-order valence-corrected chi connectivity index (χ0v) is 14.5. The highest BCUT2D eigenvalue weighted by Crippen LogP contribution is 2.15. The highest BCUT2D eigenvalue weighted by atomic mass is 35.5. The quantitative estimate of drug-likeness (QED) is 0.776. The lowest BCUT2D eigenvalue weighted by molar-refractivity contribution is -0.133. The van der Waals surface area contributed by atoms with Crippen molar-refractivity contribution in [3.63, 3.8) is 0 Å². The molecule has 0 unspecified atom stereocenters. The van der Waals surface area contributed by atoms with Crippen LogP contribution in [0, 0.1) is 5.92 Å². The molecule has 0 aliphatic carbocycles. The molecule has 0 aliphatic rings. The van der Waals surface area contributed by atoms with Crippen LogP contribution in [0.25, 0.3) is 0 Å². The van der Waals surface area contributed by atoms with Crippen LogP contribution in [0.3, 0.4) is 0 Å². The van der Waals surface area contributed by atoms with Gasteiger partial charge >= 0.3 is 0 Å². The molecule has 1 aromatic carbocycles. The number of rotatable bonds is 7. The summed E-state index contributed by atoms with van der Waals surface area (Å²) in [5.74, 6) is 0.711. The van der Waals surface area contributed by atoms with E-state index in [4.69, 9.17) is 5.73 Å². The van der Waals surface area contributed by atoms with Gasteiger partial charge in [-0.2, -0.15) is 0 Å². The number of benzene rings is 1. The van der Waals surface area contributed by atoms with Gasteiger partial charge in [-0.15, -0.1) is 12.4 Å². The van der Waals surface area contributed by atoms with E-state index in [9.17, 15) is 4.79 Å². The maximum Gasteiger partial charge on any atom is 0.227 e. The maximum absolute atomic E-state index is 12.6. The Bertz CT molecular complexity index is 413. The molecule has 0 bridgehead atoms. The lowest BCUT2D eigenvalue weighted by Gasteiger charge is -2.32. The molecule has 1 rings (SSSR count). The van der Waals surface area contributed by atoms with E-state index in [1.165, 1.54) is 0 Å². The number of nitrogens with two attached hydrogens (primary N) is 1. The third kappa shape index (κ3) is 6.38. The second-order valence-corrected chi connectivity index (χ2v) is 5.83. The summed E-state index contributed by atoms with van der Waals surface area (Å²) in [6.07, 6.45) is 2.48. The SMILES string of the molecule is CCC(CC)N(CC(C)C)C(=O)Cc1ccc(N)cc1.Cl. The van der Waals surface area contributed by atoms with Gasteiger partial charge in [0.15, 0.2) is 0 Å². The van der Waals surface area contributed by atoms with Gasteiger partial charge in [0.25, 0.3) is 0 Å². The first kappa shape index (κ1) is 19.8. The molecule has 0 radical (unpaired) electrons. The minimum absolute atomic E-state index is 0. The smallest absolute Gasteiger partial charge is 0.227 e. The van der Waals surface area contributed by atoms with Gasteiger partial charge in [-0.05, 0) is 36.5 Å². The molecule has 120 valence electrons. The van der Waals surface area contributed by atoms with Crippen molar-refractivity contribution < 1.29 is 4.79 Å². The topological polar surface area (TPSA) is 46.3 Å². The van der Waals surface area contributed by atoms with E-state index in [0.717, 1.165) is 30.6 Å². The van der Waals surface area contributed by atoms with Gasteiger partial charge in [0.1, 0.15) is 0 Å². The molecule has 3 nitrogen and oxygen atoms in total. The van der Waals surface area contributed by atoms with Crippen molar-refractivity contribution in [2.75, 3.05) is 12.3 Å². The van der Waals surface area contributed by atoms with E-state index in [-0.39, 0.29) is 18.3 Å². The fourth-order valence-corrected chi connectivity index (χ4v) is 2.49. The number of nitrogen functional groups attached to an aromatic ring is 1. The summed E-state index contributed by atoms with van der Waals surface area (Å²) in [5.41, 5.74) is 7.45. The second kappa shape index (κ2) is 9.67. The van der Waals surface area contributed by atoms with E-state index in [1.807, 2.05) is 24.3 Å². The van der Waals surface area contributed by atoms with Crippen LogP contribution in [-0.4, -0.2) is 23.4 Å². The molecule has 1 aromatic rings. The van der Waals surface area contributed by atoms with Crippen molar-refractivity contribution in [1.29, 1.82) is 0 Å². The maximum atomic E-state index is 12.6. The van der Waals surface area contributed by atoms with Crippen molar-refractivity contribution in [3.8, 4) is 0 Å². The highest BCUT2D eigenvalue weighted by molar-refractivity contribution is 5.85. The fraction of sp³-hybridized carbons (Fsp3) is 0.588. The van der Waals surface area contributed by atoms with E-state index < -0.39 is 0 Å². The van der Waals surface area contributed by atoms with Crippen molar-refractivity contribution in [2.45, 2.75) is 53.0 Å². The predicted molar refractivity (Wildman–Crippen MR) is 92.7 cm³/mol. The van der Waals surface area contributed by atoms with Gasteiger partial charge in [0.05, 0.1) is 6.42 Å². The normalized spacial score (nSPS) is 10.6. The third-order valence-corrected chi connectivity index (χ3v) is 3.60. The van der Waals surface area contributed by atoms with Crippen molar-refractivity contribution in [2.24, 2.45) is 5.92 Å². The number of nitrogens with zero attached hydrogens (tertiary/aromatic N) is 1. The molecule has 4 heteroatoms. The molecule has 2 N–H and O–H groups in total. The largest absolute Gasteiger partial charge is 0.399 e. The van der Waals surface area contributed by atoms with E-state index in [0.29, 0.717) is 18.4 Å². The van der Waals surface area contributed by atoms with Crippen LogP contribution in [0.1, 0.15) is 46.1 Å². The highest BCUT2D eigenvalue weighted by Gasteiger charge is 2.21. The Kier molecular flexibility index (Phi) is 9.11. The Morgan fingerprint density at radius 3 is 2.10 bits per heavy atom. The van der Waals surface area contributed by atoms with E-state index in [2.05, 4.69) is 32.6 Å². The molecule has 0 saturated heterocycles. The number of hydrogen-bond acceptors (Lipinski definition) is 2. The van der Waals surface area contributed by atoms with Gasteiger partial charge < -0.3 is 10.6 Å². The molecule has 0 atom stereocenters. The van der Waals surface area contributed by atoms with E-state index >= 15 is 0 Å². The standard InChI is InChI=1S/C17H28N2O.ClH/c1-5-16(6-2)19(12-13(3)4)17(20)11-14-7-9-15(18)10-8-14;/h7-10,13,16H,5-6,11-12,18H2,1-4H3;1H. The Hall–Kier alpha value is -1.22.